The molecule has 0 atom stereocenters. The van der Waals surface area contributed by atoms with Gasteiger partial charge < -0.3 is 4.42 Å². The Morgan fingerprint density at radius 3 is 2.55 bits per heavy atom. The van der Waals surface area contributed by atoms with Crippen molar-refractivity contribution in [3.8, 4) is 5.82 Å². The van der Waals surface area contributed by atoms with Crippen LogP contribution in [0, 0.1) is 27.7 Å². The number of para-hydroxylation sites is 2. The van der Waals surface area contributed by atoms with Crippen molar-refractivity contribution in [3.63, 3.8) is 0 Å². The van der Waals surface area contributed by atoms with Gasteiger partial charge in [-0.15, -0.1) is 0 Å². The van der Waals surface area contributed by atoms with Crippen LogP contribution in [-0.2, 0) is 0 Å². The Kier molecular flexibility index (Phi) is 3.87. The SMILES string of the molecule is Cc1cc(C)c2nc(-n3nc(C)cc3Nc3nc4ccccc4o3)cc(C)c2c1. The number of rotatable bonds is 3. The summed E-state index contributed by atoms with van der Waals surface area (Å²) in [4.78, 5) is 9.42. The van der Waals surface area contributed by atoms with Gasteiger partial charge >= 0.3 is 6.01 Å². The zero-order valence-corrected chi connectivity index (χ0v) is 16.8. The highest BCUT2D eigenvalue weighted by atomic mass is 16.4. The van der Waals surface area contributed by atoms with Crippen LogP contribution in [0.15, 0.2) is 52.9 Å². The van der Waals surface area contributed by atoms with Gasteiger partial charge in [0.15, 0.2) is 11.4 Å². The van der Waals surface area contributed by atoms with E-state index in [2.05, 4.69) is 54.4 Å². The minimum Gasteiger partial charge on any atom is -0.423 e. The Balaban J connectivity index is 1.62. The van der Waals surface area contributed by atoms with E-state index in [-0.39, 0.29) is 0 Å². The maximum atomic E-state index is 5.81. The molecule has 3 heterocycles. The predicted octanol–water partition coefficient (Wildman–Crippen LogP) is 5.54. The summed E-state index contributed by atoms with van der Waals surface area (Å²) >= 11 is 0. The maximum Gasteiger partial charge on any atom is 0.301 e. The third kappa shape index (κ3) is 3.02. The molecule has 6 nitrogen and oxygen atoms in total. The summed E-state index contributed by atoms with van der Waals surface area (Å²) in [5.41, 5.74) is 6.98. The van der Waals surface area contributed by atoms with Gasteiger partial charge in [-0.1, -0.05) is 23.8 Å². The van der Waals surface area contributed by atoms with E-state index in [9.17, 15) is 0 Å². The molecule has 0 aliphatic heterocycles. The Morgan fingerprint density at radius 2 is 1.72 bits per heavy atom. The Morgan fingerprint density at radius 1 is 0.897 bits per heavy atom. The lowest BCUT2D eigenvalue weighted by atomic mass is 10.0. The molecule has 0 unspecified atom stereocenters. The van der Waals surface area contributed by atoms with Crippen LogP contribution in [0.2, 0.25) is 0 Å². The van der Waals surface area contributed by atoms with Crippen molar-refractivity contribution in [2.75, 3.05) is 5.32 Å². The van der Waals surface area contributed by atoms with E-state index in [1.54, 1.807) is 4.68 Å². The number of nitrogens with zero attached hydrogens (tertiary/aromatic N) is 4. The van der Waals surface area contributed by atoms with Gasteiger partial charge in [-0.2, -0.15) is 14.8 Å². The lowest BCUT2D eigenvalue weighted by Crippen LogP contribution is -2.06. The molecule has 0 fully saturated rings. The summed E-state index contributed by atoms with van der Waals surface area (Å²) < 4.78 is 7.62. The van der Waals surface area contributed by atoms with Gasteiger partial charge in [0.25, 0.3) is 0 Å². The molecule has 0 radical (unpaired) electrons. The van der Waals surface area contributed by atoms with Crippen molar-refractivity contribution in [1.29, 1.82) is 0 Å². The molecule has 1 N–H and O–H groups in total. The second-order valence-corrected chi connectivity index (χ2v) is 7.47. The second kappa shape index (κ2) is 6.44. The highest BCUT2D eigenvalue weighted by Crippen LogP contribution is 2.27. The number of anilines is 2. The highest BCUT2D eigenvalue weighted by Gasteiger charge is 2.15. The number of hydrogen-bond donors (Lipinski definition) is 1. The van der Waals surface area contributed by atoms with Crippen LogP contribution in [0.1, 0.15) is 22.4 Å². The summed E-state index contributed by atoms with van der Waals surface area (Å²) in [6.07, 6.45) is 0. The van der Waals surface area contributed by atoms with E-state index < -0.39 is 0 Å². The first-order valence-corrected chi connectivity index (χ1v) is 9.56. The monoisotopic (exact) mass is 383 g/mol. The van der Waals surface area contributed by atoms with Crippen molar-refractivity contribution in [3.05, 3.63) is 70.9 Å². The number of fused-ring (bicyclic) bond motifs is 2. The number of oxazole rings is 1. The molecule has 29 heavy (non-hydrogen) atoms. The molecule has 2 aromatic carbocycles. The minimum atomic E-state index is 0.427. The topological polar surface area (TPSA) is 68.8 Å². The van der Waals surface area contributed by atoms with Crippen molar-refractivity contribution in [2.45, 2.75) is 27.7 Å². The summed E-state index contributed by atoms with van der Waals surface area (Å²) in [7, 11) is 0. The first kappa shape index (κ1) is 17.4. The Labute approximate surface area is 168 Å². The van der Waals surface area contributed by atoms with Crippen molar-refractivity contribution in [2.24, 2.45) is 0 Å². The van der Waals surface area contributed by atoms with Gasteiger partial charge in [0.1, 0.15) is 11.3 Å². The fraction of sp³-hybridized carbons (Fsp3) is 0.174. The molecule has 6 heteroatoms. The zero-order valence-electron chi connectivity index (χ0n) is 16.8. The molecule has 0 saturated carbocycles. The van der Waals surface area contributed by atoms with E-state index in [1.165, 1.54) is 10.9 Å². The van der Waals surface area contributed by atoms with Gasteiger partial charge in [0, 0.05) is 11.5 Å². The standard InChI is InChI=1S/C23H21N5O/c1-13-9-15(3)22-17(10-13)14(2)11-20(25-22)28-21(12-16(4)27-28)26-23-24-18-7-5-6-8-19(18)29-23/h5-12H,1-4H3,(H,24,26). The lowest BCUT2D eigenvalue weighted by Gasteiger charge is -2.12. The molecule has 144 valence electrons. The molecule has 5 aromatic rings. The van der Waals surface area contributed by atoms with Gasteiger partial charge in [-0.05, 0) is 63.1 Å². The molecule has 0 saturated heterocycles. The summed E-state index contributed by atoms with van der Waals surface area (Å²) in [6, 6.07) is 16.5. The molecule has 0 amide bonds. The molecule has 3 aromatic heterocycles. The van der Waals surface area contributed by atoms with Crippen LogP contribution in [0.4, 0.5) is 11.8 Å². The Hall–Kier alpha value is -3.67. The van der Waals surface area contributed by atoms with Crippen LogP contribution in [0.25, 0.3) is 27.8 Å². The number of hydrogen-bond acceptors (Lipinski definition) is 5. The summed E-state index contributed by atoms with van der Waals surface area (Å²) in [5, 5.41) is 9.07. The number of nitrogens with one attached hydrogen (secondary N) is 1. The van der Waals surface area contributed by atoms with Crippen LogP contribution in [0.5, 0.6) is 0 Å². The van der Waals surface area contributed by atoms with Crippen LogP contribution >= 0.6 is 0 Å². The Bertz CT molecular complexity index is 1350. The summed E-state index contributed by atoms with van der Waals surface area (Å²) in [6.45, 7) is 8.27. The van der Waals surface area contributed by atoms with E-state index in [1.807, 2.05) is 37.3 Å². The number of pyridine rings is 1. The van der Waals surface area contributed by atoms with Gasteiger partial charge in [-0.3, -0.25) is 5.32 Å². The number of benzene rings is 2. The highest BCUT2D eigenvalue weighted by molar-refractivity contribution is 5.86. The van der Waals surface area contributed by atoms with E-state index in [0.717, 1.165) is 45.1 Å². The normalized spacial score (nSPS) is 11.4. The molecule has 5 rings (SSSR count). The van der Waals surface area contributed by atoms with E-state index >= 15 is 0 Å². The van der Waals surface area contributed by atoms with Crippen molar-refractivity contribution >= 4 is 33.8 Å². The average Bonchev–Trinajstić information content (AvgIpc) is 3.25. The average molecular weight is 383 g/mol. The van der Waals surface area contributed by atoms with Crippen LogP contribution < -0.4 is 5.32 Å². The molecular formula is C23H21N5O. The quantitative estimate of drug-likeness (QED) is 0.443. The van der Waals surface area contributed by atoms with Crippen LogP contribution in [0.3, 0.4) is 0 Å². The molecule has 0 spiro atoms. The zero-order chi connectivity index (χ0) is 20.1. The van der Waals surface area contributed by atoms with Crippen LogP contribution in [-0.4, -0.2) is 19.7 Å². The second-order valence-electron chi connectivity index (χ2n) is 7.47. The first-order chi connectivity index (χ1) is 14.0. The molecule has 0 bridgehead atoms. The summed E-state index contributed by atoms with van der Waals surface area (Å²) in [5.74, 6) is 1.51. The predicted molar refractivity (Wildman–Crippen MR) is 115 cm³/mol. The minimum absolute atomic E-state index is 0.427. The lowest BCUT2D eigenvalue weighted by molar-refractivity contribution is 0.621. The smallest absolute Gasteiger partial charge is 0.301 e. The fourth-order valence-electron chi connectivity index (χ4n) is 3.73. The number of aryl methyl sites for hydroxylation is 4. The number of aromatic nitrogens is 4. The van der Waals surface area contributed by atoms with Gasteiger partial charge in [-0.25, -0.2) is 4.98 Å². The van der Waals surface area contributed by atoms with Gasteiger partial charge in [0.2, 0.25) is 0 Å². The largest absolute Gasteiger partial charge is 0.423 e. The third-order valence-corrected chi connectivity index (χ3v) is 5.02. The van der Waals surface area contributed by atoms with E-state index in [0.29, 0.717) is 6.01 Å². The third-order valence-electron chi connectivity index (χ3n) is 5.02. The molecule has 0 aliphatic carbocycles. The van der Waals surface area contributed by atoms with Crippen molar-refractivity contribution < 1.29 is 4.42 Å². The van der Waals surface area contributed by atoms with Gasteiger partial charge in [0.05, 0.1) is 11.2 Å². The van der Waals surface area contributed by atoms with Crippen molar-refractivity contribution in [1.82, 2.24) is 19.7 Å². The maximum absolute atomic E-state index is 5.81. The first-order valence-electron chi connectivity index (χ1n) is 9.56. The fourth-order valence-corrected chi connectivity index (χ4v) is 3.73. The van der Waals surface area contributed by atoms with E-state index in [4.69, 9.17) is 9.40 Å². The molecule has 0 aliphatic rings. The molecular weight excluding hydrogens is 362 g/mol.